The number of aromatic nitrogens is 2. The van der Waals surface area contributed by atoms with E-state index < -0.39 is 66.3 Å². The molecule has 0 saturated carbocycles. The average molecular weight is 845 g/mol. The molecule has 3 aromatic carbocycles. The number of piperidine rings is 3. The summed E-state index contributed by atoms with van der Waals surface area (Å²) in [7, 11) is 0. The first-order chi connectivity index (χ1) is 29.3. The van der Waals surface area contributed by atoms with Gasteiger partial charge in [0.2, 0.25) is 11.8 Å². The third-order valence-electron chi connectivity index (χ3n) is 14.1. The van der Waals surface area contributed by atoms with E-state index in [1.807, 2.05) is 11.8 Å². The molecule has 5 heterocycles. The quantitative estimate of drug-likeness (QED) is 0.0681. The molecule has 3 saturated heterocycles. The maximum Gasteiger partial charge on any atom is 0.254 e. The number of aromatic amines is 1. The zero-order chi connectivity index (χ0) is 42.7. The van der Waals surface area contributed by atoms with Crippen LogP contribution < -0.4 is 15.5 Å². The number of rotatable bonds is 8. The van der Waals surface area contributed by atoms with Gasteiger partial charge in [-0.3, -0.25) is 35.1 Å². The second kappa shape index (κ2) is 16.1. The van der Waals surface area contributed by atoms with Crippen molar-refractivity contribution < 1.29 is 36.3 Å². The number of benzene rings is 3. The Morgan fingerprint density at radius 1 is 0.951 bits per heavy atom. The van der Waals surface area contributed by atoms with Crippen LogP contribution in [0.4, 0.5) is 27.6 Å². The summed E-state index contributed by atoms with van der Waals surface area (Å²) >= 11 is 0. The molecule has 322 valence electrons. The summed E-state index contributed by atoms with van der Waals surface area (Å²) < 4.78 is 75.6. The van der Waals surface area contributed by atoms with Crippen molar-refractivity contribution in [1.82, 2.24) is 30.6 Å². The smallest absolute Gasteiger partial charge is 0.254 e. The molecule has 4 aromatic rings. The second-order valence-electron chi connectivity index (χ2n) is 17.8. The van der Waals surface area contributed by atoms with Gasteiger partial charge >= 0.3 is 0 Å². The molecule has 1 aromatic heterocycles. The number of imide groups is 1. The molecule has 4 atom stereocenters. The number of fused-ring (bicyclic) bond motifs is 4. The largest absolute Gasteiger partial charge is 0.371 e. The zero-order valence-electron chi connectivity index (χ0n) is 33.9. The van der Waals surface area contributed by atoms with E-state index in [9.17, 15) is 23.2 Å². The Morgan fingerprint density at radius 2 is 1.64 bits per heavy atom. The normalized spacial score (nSPS) is 24.0. The van der Waals surface area contributed by atoms with Crippen molar-refractivity contribution >= 4 is 40.1 Å². The van der Waals surface area contributed by atoms with Crippen molar-refractivity contribution in [2.75, 3.05) is 37.6 Å². The molecule has 3 amide bonds. The fourth-order valence-electron chi connectivity index (χ4n) is 10.7. The van der Waals surface area contributed by atoms with Crippen LogP contribution in [0.5, 0.6) is 0 Å². The van der Waals surface area contributed by atoms with Gasteiger partial charge in [-0.2, -0.15) is 5.10 Å². The number of carbonyl (C=O) groups is 3. The van der Waals surface area contributed by atoms with Crippen molar-refractivity contribution in [3.05, 3.63) is 93.4 Å². The van der Waals surface area contributed by atoms with Crippen LogP contribution in [0.2, 0.25) is 0 Å². The number of H-pyrrole nitrogens is 1. The minimum Gasteiger partial charge on any atom is -0.371 e. The highest BCUT2D eigenvalue weighted by atomic mass is 19.3. The molecule has 16 heteroatoms. The third kappa shape index (κ3) is 7.87. The lowest BCUT2D eigenvalue weighted by molar-refractivity contribution is -0.134. The van der Waals surface area contributed by atoms with Gasteiger partial charge in [-0.15, -0.1) is 0 Å². The minimum absolute atomic E-state index is 0.0480. The Balaban J connectivity index is 0.805. The first-order valence-corrected chi connectivity index (χ1v) is 21.3. The maximum absolute atomic E-state index is 16.3. The van der Waals surface area contributed by atoms with Crippen molar-refractivity contribution in [2.24, 2.45) is 11.3 Å². The summed E-state index contributed by atoms with van der Waals surface area (Å²) in [4.78, 5) is 42.1. The van der Waals surface area contributed by atoms with E-state index >= 15 is 13.2 Å². The van der Waals surface area contributed by atoms with Crippen molar-refractivity contribution in [3.8, 4) is 0 Å². The van der Waals surface area contributed by atoms with Gasteiger partial charge in [0.1, 0.15) is 23.5 Å². The number of likely N-dealkylation sites (tertiary alicyclic amines) is 1. The van der Waals surface area contributed by atoms with E-state index in [2.05, 4.69) is 25.7 Å². The number of amidine groups is 1. The van der Waals surface area contributed by atoms with Crippen LogP contribution in [0.15, 0.2) is 42.6 Å². The number of hydrogen-bond donors (Lipinski definition) is 4. The Morgan fingerprint density at radius 3 is 2.33 bits per heavy atom. The zero-order valence-corrected chi connectivity index (χ0v) is 33.9. The topological polar surface area (TPSA) is 138 Å². The summed E-state index contributed by atoms with van der Waals surface area (Å²) in [5, 5.41) is 21.6. The molecule has 3 fully saturated rings. The first kappa shape index (κ1) is 41.0. The molecule has 1 unspecified atom stereocenters. The number of halogens is 5. The Hall–Kier alpha value is -5.38. The van der Waals surface area contributed by atoms with Crippen LogP contribution in [0.1, 0.15) is 96.1 Å². The standard InChI is InChI=1S/C45H49F5N8O3/c1-24-14-30-29(2-3-36-32(30)22-52-55-36)42(58(24)23-38(49)50)41-34(47)20-28(21-35(41)48)56-10-6-45(7-11-56)8-12-57(13-9-45)39(51)17-25-15-26-18-31(33(46)19-27(26)16-25)43(60)53-37-4-5-40(59)54-44(37)61/h2-3,18-22,24-25,37-38,42,51H,4-17,23H2,1H3,(H,52,55)(H,53,60)(H,54,59,61)/t24-,25?,37+,42+/m1/s1. The van der Waals surface area contributed by atoms with E-state index in [0.717, 1.165) is 66.4 Å². The number of anilines is 1. The second-order valence-corrected chi connectivity index (χ2v) is 17.8. The number of alkyl halides is 2. The molecule has 9 rings (SSSR count). The molecule has 4 N–H and O–H groups in total. The van der Waals surface area contributed by atoms with Crippen LogP contribution in [-0.2, 0) is 28.9 Å². The lowest BCUT2D eigenvalue weighted by Crippen LogP contribution is -2.52. The maximum atomic E-state index is 16.3. The van der Waals surface area contributed by atoms with Gasteiger partial charge < -0.3 is 15.1 Å². The average Bonchev–Trinajstić information content (AvgIpc) is 3.86. The van der Waals surface area contributed by atoms with Gasteiger partial charge in [0.25, 0.3) is 12.3 Å². The SMILES string of the molecule is C[C@@H]1Cc2c(ccc3[nH]ncc23)[C@@H](c2c(F)cc(N3CCC4(CCN(C(=N)CC5Cc6cc(F)c(C(=O)N[C@H]7CCC(=O)NC7=O)cc6C5)CC4)CC3)cc2F)N1CC(F)F. The van der Waals surface area contributed by atoms with Gasteiger partial charge in [-0.25, -0.2) is 22.0 Å². The van der Waals surface area contributed by atoms with Gasteiger partial charge in [-0.1, -0.05) is 6.07 Å². The lowest BCUT2D eigenvalue weighted by atomic mass is 9.71. The highest BCUT2D eigenvalue weighted by Gasteiger charge is 2.41. The van der Waals surface area contributed by atoms with Gasteiger partial charge in [0.05, 0.1) is 35.7 Å². The Kier molecular flexibility index (Phi) is 10.9. The number of carbonyl (C=O) groups excluding carboxylic acids is 3. The van der Waals surface area contributed by atoms with Crippen molar-refractivity contribution in [2.45, 2.75) is 95.7 Å². The number of amides is 3. The first-order valence-electron chi connectivity index (χ1n) is 21.3. The molecular weight excluding hydrogens is 796 g/mol. The monoisotopic (exact) mass is 844 g/mol. The highest BCUT2D eigenvalue weighted by Crippen LogP contribution is 2.46. The van der Waals surface area contributed by atoms with Crippen molar-refractivity contribution in [1.29, 1.82) is 5.41 Å². The molecule has 4 aliphatic heterocycles. The summed E-state index contributed by atoms with van der Waals surface area (Å²) in [6.07, 6.45) is 4.83. The van der Waals surface area contributed by atoms with E-state index in [1.54, 1.807) is 24.4 Å². The Bertz CT molecular complexity index is 2380. The number of nitrogens with zero attached hydrogens (tertiary/aromatic N) is 4. The molecule has 5 aliphatic rings. The van der Waals surface area contributed by atoms with Crippen LogP contribution in [0, 0.1) is 34.2 Å². The van der Waals surface area contributed by atoms with Crippen molar-refractivity contribution in [3.63, 3.8) is 0 Å². The third-order valence-corrected chi connectivity index (χ3v) is 14.1. The Labute approximate surface area is 349 Å². The fourth-order valence-corrected chi connectivity index (χ4v) is 10.7. The predicted octanol–water partition coefficient (Wildman–Crippen LogP) is 6.58. The van der Waals surface area contributed by atoms with E-state index in [4.69, 9.17) is 5.41 Å². The van der Waals surface area contributed by atoms with Gasteiger partial charge in [-0.05, 0) is 122 Å². The number of hydrogen-bond acceptors (Lipinski definition) is 7. The van der Waals surface area contributed by atoms with Crippen LogP contribution in [0.3, 0.4) is 0 Å². The van der Waals surface area contributed by atoms with Gasteiger partial charge in [0, 0.05) is 61.7 Å². The molecule has 61 heavy (non-hydrogen) atoms. The summed E-state index contributed by atoms with van der Waals surface area (Å²) in [5.74, 6) is -3.29. The minimum atomic E-state index is -2.68. The molecule has 11 nitrogen and oxygen atoms in total. The predicted molar refractivity (Wildman–Crippen MR) is 218 cm³/mol. The summed E-state index contributed by atoms with van der Waals surface area (Å²) in [6, 6.07) is 6.84. The van der Waals surface area contributed by atoms with Crippen LogP contribution in [0.25, 0.3) is 10.9 Å². The molecule has 1 aliphatic carbocycles. The van der Waals surface area contributed by atoms with Crippen LogP contribution in [-0.4, -0.2) is 94.8 Å². The fraction of sp³-hybridized carbons (Fsp3) is 0.489. The molecular formula is C45H49F5N8O3. The summed E-state index contributed by atoms with van der Waals surface area (Å²) in [5.41, 5.74) is 4.01. The molecule has 0 radical (unpaired) electrons. The highest BCUT2D eigenvalue weighted by molar-refractivity contribution is 6.04. The van der Waals surface area contributed by atoms with Gasteiger partial charge in [0.15, 0.2) is 0 Å². The number of nitrogens with one attached hydrogen (secondary N) is 4. The van der Waals surface area contributed by atoms with E-state index in [-0.39, 0.29) is 35.3 Å². The lowest BCUT2D eigenvalue weighted by Gasteiger charge is -2.48. The van der Waals surface area contributed by atoms with Crippen LogP contribution >= 0.6 is 0 Å². The van der Waals surface area contributed by atoms with E-state index in [0.29, 0.717) is 55.9 Å². The molecule has 0 bridgehead atoms. The summed E-state index contributed by atoms with van der Waals surface area (Å²) in [6.45, 7) is 3.86. The van der Waals surface area contributed by atoms with E-state index in [1.165, 1.54) is 23.1 Å². The molecule has 1 spiro atoms.